The monoisotopic (exact) mass is 587 g/mol. The van der Waals surface area contributed by atoms with Gasteiger partial charge in [-0.05, 0) is 50.8 Å². The van der Waals surface area contributed by atoms with Gasteiger partial charge in [0.25, 0.3) is 0 Å². The van der Waals surface area contributed by atoms with Crippen LogP contribution in [-0.2, 0) is 36.9 Å². The Morgan fingerprint density at radius 2 is 1.95 bits per heavy atom. The first-order valence-corrected chi connectivity index (χ1v) is 14.8. The summed E-state index contributed by atoms with van der Waals surface area (Å²) in [6.07, 6.45) is 2.86. The Morgan fingerprint density at radius 3 is 2.67 bits per heavy atom. The van der Waals surface area contributed by atoms with E-state index in [1.54, 1.807) is 22.6 Å². The van der Waals surface area contributed by atoms with Gasteiger partial charge < -0.3 is 24.4 Å². The number of aromatic nitrogens is 3. The Labute approximate surface area is 250 Å². The van der Waals surface area contributed by atoms with E-state index in [0.717, 1.165) is 11.1 Å². The molecule has 6 rings (SSSR count). The second kappa shape index (κ2) is 11.2. The van der Waals surface area contributed by atoms with Crippen LogP contribution in [0.15, 0.2) is 67.3 Å². The minimum Gasteiger partial charge on any atom is -0.466 e. The molecular formula is C32H37N5O6. The number of ether oxygens (including phenoxy) is 2. The molecule has 2 unspecified atom stereocenters. The highest BCUT2D eigenvalue weighted by atomic mass is 16.6. The number of esters is 1. The molecule has 2 aromatic carbocycles. The van der Waals surface area contributed by atoms with Crippen LogP contribution in [0.2, 0.25) is 0 Å². The van der Waals surface area contributed by atoms with Crippen LogP contribution < -0.4 is 0 Å². The summed E-state index contributed by atoms with van der Waals surface area (Å²) < 4.78 is 13.8. The van der Waals surface area contributed by atoms with E-state index in [-0.39, 0.29) is 38.2 Å². The molecule has 0 radical (unpaired) electrons. The Morgan fingerprint density at radius 1 is 1.21 bits per heavy atom. The van der Waals surface area contributed by atoms with Crippen LogP contribution in [0, 0.1) is 11.8 Å². The number of carbonyl (C=O) groups excluding carboxylic acids is 3. The van der Waals surface area contributed by atoms with Crippen LogP contribution >= 0.6 is 0 Å². The van der Waals surface area contributed by atoms with E-state index in [0.29, 0.717) is 24.8 Å². The minimum atomic E-state index is -1.26. The van der Waals surface area contributed by atoms with Gasteiger partial charge >= 0.3 is 5.97 Å². The number of para-hydroxylation sites is 1. The number of likely N-dealkylation sites (tertiary alicyclic amines) is 1. The van der Waals surface area contributed by atoms with E-state index < -0.39 is 41.1 Å². The van der Waals surface area contributed by atoms with Gasteiger partial charge in [0.1, 0.15) is 29.7 Å². The van der Waals surface area contributed by atoms with Crippen LogP contribution in [0.1, 0.15) is 32.3 Å². The fourth-order valence-electron chi connectivity index (χ4n) is 7.49. The summed E-state index contributed by atoms with van der Waals surface area (Å²) in [6, 6.07) is 15.2. The van der Waals surface area contributed by atoms with Crippen molar-refractivity contribution in [2.75, 3.05) is 19.8 Å². The number of rotatable bonds is 11. The van der Waals surface area contributed by atoms with Gasteiger partial charge in [-0.2, -0.15) is 0 Å². The predicted molar refractivity (Wildman–Crippen MR) is 156 cm³/mol. The van der Waals surface area contributed by atoms with Gasteiger partial charge in [0.15, 0.2) is 0 Å². The van der Waals surface area contributed by atoms with E-state index in [1.165, 1.54) is 4.90 Å². The minimum absolute atomic E-state index is 0.0612. The maximum absolute atomic E-state index is 14.8. The average Bonchev–Trinajstić information content (AvgIpc) is 3.71. The molecule has 6 atom stereocenters. The van der Waals surface area contributed by atoms with Gasteiger partial charge in [-0.3, -0.25) is 14.4 Å². The summed E-state index contributed by atoms with van der Waals surface area (Å²) >= 11 is 0. The van der Waals surface area contributed by atoms with E-state index in [4.69, 9.17) is 9.47 Å². The molecule has 226 valence electrons. The molecule has 3 aliphatic heterocycles. The van der Waals surface area contributed by atoms with Crippen molar-refractivity contribution >= 4 is 28.8 Å². The molecule has 3 aromatic rings. The summed E-state index contributed by atoms with van der Waals surface area (Å²) in [5.41, 5.74) is 0.151. The van der Waals surface area contributed by atoms with Crippen molar-refractivity contribution in [1.29, 1.82) is 0 Å². The standard InChI is InChI=1S/C32H37N5O6/c1-4-17-35(20-36-24-14-10-9-13-23(24)33-34-36)29(40)27-32-16-15-31(3,43-32)26(30(41)42-5-2)25(32)28(39)37(27)22(19-38)18-21-11-7-6-8-12-21/h4,6-14,22,25-27,38H,1,5,15-20H2,2-3H3/t22-,25+,26+,27?,31-,32?/m1/s1. The molecule has 3 aliphatic rings. The molecule has 4 heterocycles. The largest absolute Gasteiger partial charge is 0.466 e. The fourth-order valence-corrected chi connectivity index (χ4v) is 7.49. The quantitative estimate of drug-likeness (QED) is 0.268. The summed E-state index contributed by atoms with van der Waals surface area (Å²) in [5, 5.41) is 19.2. The number of nitrogens with zero attached hydrogens (tertiary/aromatic N) is 5. The number of fused-ring (bicyclic) bond motifs is 2. The van der Waals surface area contributed by atoms with Crippen molar-refractivity contribution in [1.82, 2.24) is 24.8 Å². The Kier molecular flexibility index (Phi) is 7.55. The van der Waals surface area contributed by atoms with E-state index in [1.807, 2.05) is 61.5 Å². The van der Waals surface area contributed by atoms with Gasteiger partial charge in [-0.15, -0.1) is 11.7 Å². The zero-order chi connectivity index (χ0) is 30.4. The van der Waals surface area contributed by atoms with Gasteiger partial charge in [0, 0.05) is 6.54 Å². The maximum atomic E-state index is 14.8. The van der Waals surface area contributed by atoms with Crippen molar-refractivity contribution in [2.45, 2.75) is 63.1 Å². The smallest absolute Gasteiger partial charge is 0.312 e. The molecule has 1 aromatic heterocycles. The molecule has 2 bridgehead atoms. The molecule has 1 spiro atoms. The zero-order valence-corrected chi connectivity index (χ0v) is 24.5. The highest BCUT2D eigenvalue weighted by Crippen LogP contribution is 2.63. The van der Waals surface area contributed by atoms with Crippen LogP contribution in [0.3, 0.4) is 0 Å². The van der Waals surface area contributed by atoms with Gasteiger partial charge in [-0.25, -0.2) is 4.68 Å². The van der Waals surface area contributed by atoms with Gasteiger partial charge in [0.2, 0.25) is 11.8 Å². The molecule has 3 fully saturated rings. The van der Waals surface area contributed by atoms with Gasteiger partial charge in [-0.1, -0.05) is 53.8 Å². The van der Waals surface area contributed by atoms with Crippen molar-refractivity contribution in [2.24, 2.45) is 11.8 Å². The lowest BCUT2D eigenvalue weighted by Crippen LogP contribution is -2.59. The zero-order valence-electron chi connectivity index (χ0n) is 24.5. The molecule has 43 heavy (non-hydrogen) atoms. The summed E-state index contributed by atoms with van der Waals surface area (Å²) in [7, 11) is 0. The first-order valence-electron chi connectivity index (χ1n) is 14.8. The number of hydrogen-bond acceptors (Lipinski definition) is 8. The van der Waals surface area contributed by atoms with Crippen LogP contribution in [0.5, 0.6) is 0 Å². The number of benzene rings is 2. The first-order chi connectivity index (χ1) is 20.8. The lowest BCUT2D eigenvalue weighted by molar-refractivity contribution is -0.162. The highest BCUT2D eigenvalue weighted by molar-refractivity contribution is 5.98. The van der Waals surface area contributed by atoms with Crippen LogP contribution in [-0.4, -0.2) is 90.7 Å². The maximum Gasteiger partial charge on any atom is 0.312 e. The van der Waals surface area contributed by atoms with Crippen LogP contribution in [0.4, 0.5) is 0 Å². The Hall–Kier alpha value is -4.09. The molecular weight excluding hydrogens is 550 g/mol. The number of aliphatic hydroxyl groups is 1. The SMILES string of the molecule is C=CCN(Cn1nnc2ccccc21)C(=O)C1N([C@@H](CO)Cc2ccccc2)C(=O)[C@@H]2[C@@H](C(=O)OCC)[C@@]3(C)CCC12O3. The average molecular weight is 588 g/mol. The van der Waals surface area contributed by atoms with Crippen molar-refractivity contribution in [3.05, 3.63) is 72.8 Å². The predicted octanol–water partition coefficient (Wildman–Crippen LogP) is 2.33. The lowest BCUT2D eigenvalue weighted by atomic mass is 9.66. The Balaban J connectivity index is 1.43. The van der Waals surface area contributed by atoms with Crippen LogP contribution in [0.25, 0.3) is 11.0 Å². The fraction of sp³-hybridized carbons (Fsp3) is 0.469. The number of hydrogen-bond donors (Lipinski definition) is 1. The normalized spacial score (nSPS) is 28.2. The van der Waals surface area contributed by atoms with Crippen molar-refractivity contribution in [3.63, 3.8) is 0 Å². The van der Waals surface area contributed by atoms with Gasteiger partial charge in [0.05, 0.1) is 36.3 Å². The molecule has 11 nitrogen and oxygen atoms in total. The molecule has 1 N–H and O–H groups in total. The Bertz CT molecular complexity index is 1540. The lowest BCUT2D eigenvalue weighted by Gasteiger charge is -2.39. The van der Waals surface area contributed by atoms with E-state index in [2.05, 4.69) is 16.9 Å². The molecule has 0 saturated carbocycles. The van der Waals surface area contributed by atoms with Crippen molar-refractivity contribution in [3.8, 4) is 0 Å². The second-order valence-electron chi connectivity index (χ2n) is 11.8. The number of amides is 2. The molecule has 11 heteroatoms. The van der Waals surface area contributed by atoms with Crippen molar-refractivity contribution < 1.29 is 29.0 Å². The number of carbonyl (C=O) groups is 3. The third kappa shape index (κ3) is 4.62. The third-order valence-electron chi connectivity index (χ3n) is 9.29. The highest BCUT2D eigenvalue weighted by Gasteiger charge is 2.79. The topological polar surface area (TPSA) is 127 Å². The van der Waals surface area contributed by atoms with E-state index >= 15 is 0 Å². The second-order valence-corrected chi connectivity index (χ2v) is 11.8. The number of aliphatic hydroxyl groups excluding tert-OH is 1. The molecule has 2 amide bonds. The van der Waals surface area contributed by atoms with E-state index in [9.17, 15) is 19.5 Å². The molecule has 0 aliphatic carbocycles. The first kappa shape index (κ1) is 29.0. The molecule has 3 saturated heterocycles. The summed E-state index contributed by atoms with van der Waals surface area (Å²) in [6.45, 7) is 7.45. The third-order valence-corrected chi connectivity index (χ3v) is 9.29. The summed E-state index contributed by atoms with van der Waals surface area (Å²) in [4.78, 5) is 45.8. The summed E-state index contributed by atoms with van der Waals surface area (Å²) in [5.74, 6) is -3.02.